The van der Waals surface area contributed by atoms with E-state index < -0.39 is 16.9 Å². The maximum atomic E-state index is 12.2. The third-order valence-electron chi connectivity index (χ3n) is 4.87. The summed E-state index contributed by atoms with van der Waals surface area (Å²) in [7, 11) is 1.78. The number of hydrogen-bond donors (Lipinski definition) is 2. The summed E-state index contributed by atoms with van der Waals surface area (Å²) in [6.07, 6.45) is 4.86. The van der Waals surface area contributed by atoms with E-state index in [1.54, 1.807) is 39.6 Å². The van der Waals surface area contributed by atoms with Crippen LogP contribution < -0.4 is 5.32 Å². The average Bonchev–Trinajstić information content (AvgIpc) is 2.80. The molecule has 0 aliphatic heterocycles. The summed E-state index contributed by atoms with van der Waals surface area (Å²) < 4.78 is 0. The van der Waals surface area contributed by atoms with Crippen molar-refractivity contribution in [1.29, 1.82) is 0 Å². The molecule has 2 amide bonds. The summed E-state index contributed by atoms with van der Waals surface area (Å²) in [6, 6.07) is -0.198. The highest BCUT2D eigenvalue weighted by atomic mass is 16.4. The topological polar surface area (TPSA) is 69.6 Å². The molecule has 0 radical (unpaired) electrons. The van der Waals surface area contributed by atoms with Crippen LogP contribution in [0.2, 0.25) is 0 Å². The molecule has 0 aromatic rings. The molecular formula is C15H28N2O3. The first-order chi connectivity index (χ1) is 9.08. The molecule has 1 aliphatic carbocycles. The van der Waals surface area contributed by atoms with E-state index in [1.807, 2.05) is 0 Å². The molecular weight excluding hydrogens is 256 g/mol. The van der Waals surface area contributed by atoms with Gasteiger partial charge in [-0.25, -0.2) is 4.79 Å². The Balaban J connectivity index is 2.61. The zero-order chi connectivity index (χ0) is 15.6. The lowest BCUT2D eigenvalue weighted by molar-refractivity contribution is -0.150. The van der Waals surface area contributed by atoms with Crippen LogP contribution >= 0.6 is 0 Å². The molecule has 5 heteroatoms. The first kappa shape index (κ1) is 16.8. The van der Waals surface area contributed by atoms with Crippen LogP contribution in [0.25, 0.3) is 0 Å². The minimum absolute atomic E-state index is 0.198. The molecule has 0 heterocycles. The first-order valence-electron chi connectivity index (χ1n) is 7.34. The second kappa shape index (κ2) is 6.02. The summed E-state index contributed by atoms with van der Waals surface area (Å²) in [5, 5.41) is 12.2. The second-order valence-corrected chi connectivity index (χ2v) is 7.02. The molecule has 0 spiro atoms. The highest BCUT2D eigenvalue weighted by Crippen LogP contribution is 2.31. The van der Waals surface area contributed by atoms with Gasteiger partial charge in [0, 0.05) is 13.6 Å². The molecule has 20 heavy (non-hydrogen) atoms. The third kappa shape index (κ3) is 3.64. The van der Waals surface area contributed by atoms with Crippen molar-refractivity contribution in [2.75, 3.05) is 13.6 Å². The lowest BCUT2D eigenvalue weighted by Gasteiger charge is -2.40. The summed E-state index contributed by atoms with van der Waals surface area (Å²) in [4.78, 5) is 25.2. The fourth-order valence-corrected chi connectivity index (χ4v) is 2.45. The number of aliphatic carboxylic acids is 1. The number of hydrogen-bond acceptors (Lipinski definition) is 2. The van der Waals surface area contributed by atoms with Crippen LogP contribution in [-0.4, -0.2) is 41.1 Å². The van der Waals surface area contributed by atoms with E-state index in [4.69, 9.17) is 0 Å². The van der Waals surface area contributed by atoms with E-state index in [0.717, 1.165) is 6.54 Å². The van der Waals surface area contributed by atoms with Gasteiger partial charge in [0.15, 0.2) is 0 Å². The quantitative estimate of drug-likeness (QED) is 0.815. The number of nitrogens with zero attached hydrogens (tertiary/aromatic N) is 1. The Labute approximate surface area is 121 Å². The van der Waals surface area contributed by atoms with Crippen LogP contribution in [-0.2, 0) is 4.79 Å². The number of amides is 2. The highest BCUT2D eigenvalue weighted by molar-refractivity contribution is 5.79. The molecule has 0 unspecified atom stereocenters. The molecule has 5 nitrogen and oxygen atoms in total. The summed E-state index contributed by atoms with van der Waals surface area (Å²) in [6.45, 7) is 7.51. The van der Waals surface area contributed by atoms with E-state index in [9.17, 15) is 14.7 Å². The summed E-state index contributed by atoms with van der Waals surface area (Å²) >= 11 is 0. The molecule has 116 valence electrons. The van der Waals surface area contributed by atoms with Crippen molar-refractivity contribution in [3.05, 3.63) is 0 Å². The Morgan fingerprint density at radius 1 is 1.20 bits per heavy atom. The van der Waals surface area contributed by atoms with E-state index in [2.05, 4.69) is 5.32 Å². The molecule has 0 bridgehead atoms. The molecule has 0 aromatic carbocycles. The smallest absolute Gasteiger partial charge is 0.317 e. The lowest BCUT2D eigenvalue weighted by Crippen LogP contribution is -2.59. The number of nitrogens with one attached hydrogen (secondary N) is 1. The van der Waals surface area contributed by atoms with Gasteiger partial charge in [0.25, 0.3) is 0 Å². The van der Waals surface area contributed by atoms with Crippen LogP contribution in [0.15, 0.2) is 0 Å². The van der Waals surface area contributed by atoms with Gasteiger partial charge in [-0.3, -0.25) is 4.79 Å². The van der Waals surface area contributed by atoms with Gasteiger partial charge < -0.3 is 15.3 Å². The first-order valence-corrected chi connectivity index (χ1v) is 7.34. The van der Waals surface area contributed by atoms with Crippen molar-refractivity contribution in [1.82, 2.24) is 10.2 Å². The van der Waals surface area contributed by atoms with Crippen LogP contribution in [0.3, 0.4) is 0 Å². The monoisotopic (exact) mass is 284 g/mol. The predicted octanol–water partition coefficient (Wildman–Crippen LogP) is 2.71. The molecule has 1 saturated carbocycles. The number of urea groups is 1. The zero-order valence-corrected chi connectivity index (χ0v) is 13.3. The van der Waals surface area contributed by atoms with Gasteiger partial charge in [-0.05, 0) is 46.5 Å². The summed E-state index contributed by atoms with van der Waals surface area (Å²) in [5.74, 6) is -0.331. The zero-order valence-electron chi connectivity index (χ0n) is 13.3. The van der Waals surface area contributed by atoms with Crippen molar-refractivity contribution in [3.63, 3.8) is 0 Å². The third-order valence-corrected chi connectivity index (χ3v) is 4.87. The second-order valence-electron chi connectivity index (χ2n) is 7.02. The molecule has 1 aliphatic rings. The molecule has 1 rings (SSSR count). The normalized spacial score (nSPS) is 17.1. The van der Waals surface area contributed by atoms with E-state index in [0.29, 0.717) is 5.92 Å². The van der Waals surface area contributed by atoms with Crippen LogP contribution in [0.4, 0.5) is 4.79 Å². The Morgan fingerprint density at radius 2 is 1.70 bits per heavy atom. The minimum Gasteiger partial charge on any atom is -0.481 e. The standard InChI is InChI=1S/C15H28N2O3/c1-14(2,12(18)19)15(3,4)16-13(20)17(5)10-11-8-6-7-9-11/h11H,6-10H2,1-5H3,(H,16,20)(H,18,19). The van der Waals surface area contributed by atoms with Crippen molar-refractivity contribution in [2.45, 2.75) is 58.9 Å². The highest BCUT2D eigenvalue weighted by Gasteiger charge is 2.44. The largest absolute Gasteiger partial charge is 0.481 e. The van der Waals surface area contributed by atoms with Gasteiger partial charge in [0.2, 0.25) is 0 Å². The summed E-state index contributed by atoms with van der Waals surface area (Å²) in [5.41, 5.74) is -1.85. The number of carboxylic acid groups (broad SMARTS) is 1. The molecule has 0 aromatic heterocycles. The number of carboxylic acids is 1. The van der Waals surface area contributed by atoms with E-state index >= 15 is 0 Å². The van der Waals surface area contributed by atoms with Gasteiger partial charge in [0.05, 0.1) is 11.0 Å². The Bertz CT molecular complexity index is 371. The van der Waals surface area contributed by atoms with Crippen LogP contribution in [0, 0.1) is 11.3 Å². The molecule has 0 atom stereocenters. The number of rotatable bonds is 5. The van der Waals surface area contributed by atoms with Crippen LogP contribution in [0.5, 0.6) is 0 Å². The lowest BCUT2D eigenvalue weighted by atomic mass is 9.74. The van der Waals surface area contributed by atoms with Gasteiger partial charge in [-0.15, -0.1) is 0 Å². The van der Waals surface area contributed by atoms with Gasteiger partial charge >= 0.3 is 12.0 Å². The minimum atomic E-state index is -1.03. The predicted molar refractivity (Wildman–Crippen MR) is 78.6 cm³/mol. The SMILES string of the molecule is CN(CC1CCCC1)C(=O)NC(C)(C)C(C)(C)C(=O)O. The van der Waals surface area contributed by atoms with Gasteiger partial charge in [0.1, 0.15) is 0 Å². The Kier molecular flexibility index (Phi) is 5.05. The average molecular weight is 284 g/mol. The van der Waals surface area contributed by atoms with Crippen molar-refractivity contribution in [2.24, 2.45) is 11.3 Å². The van der Waals surface area contributed by atoms with Crippen molar-refractivity contribution >= 4 is 12.0 Å². The molecule has 1 fully saturated rings. The number of carbonyl (C=O) groups excluding carboxylic acids is 1. The fourth-order valence-electron chi connectivity index (χ4n) is 2.45. The van der Waals surface area contributed by atoms with Crippen molar-refractivity contribution < 1.29 is 14.7 Å². The Morgan fingerprint density at radius 3 is 2.15 bits per heavy atom. The van der Waals surface area contributed by atoms with Gasteiger partial charge in [-0.1, -0.05) is 12.8 Å². The fraction of sp³-hybridized carbons (Fsp3) is 0.867. The van der Waals surface area contributed by atoms with E-state index in [-0.39, 0.29) is 6.03 Å². The maximum absolute atomic E-state index is 12.2. The molecule has 2 N–H and O–H groups in total. The Hall–Kier alpha value is -1.26. The van der Waals surface area contributed by atoms with Crippen molar-refractivity contribution in [3.8, 4) is 0 Å². The molecule has 0 saturated heterocycles. The van der Waals surface area contributed by atoms with Crippen LogP contribution in [0.1, 0.15) is 53.4 Å². The maximum Gasteiger partial charge on any atom is 0.317 e. The van der Waals surface area contributed by atoms with Gasteiger partial charge in [-0.2, -0.15) is 0 Å². The number of carbonyl (C=O) groups is 2. The van der Waals surface area contributed by atoms with E-state index in [1.165, 1.54) is 25.7 Å².